The molecule has 0 spiro atoms. The largest absolute Gasteiger partial charge is 0.494 e. The lowest BCUT2D eigenvalue weighted by Gasteiger charge is -2.32. The summed E-state index contributed by atoms with van der Waals surface area (Å²) in [5.41, 5.74) is 0.219. The van der Waals surface area contributed by atoms with Crippen LogP contribution in [0.25, 0.3) is 16.6 Å². The molecule has 7 nitrogen and oxygen atoms in total. The Morgan fingerprint density at radius 2 is 1.68 bits per heavy atom. The Bertz CT molecular complexity index is 1520. The van der Waals surface area contributed by atoms with Gasteiger partial charge in [0.1, 0.15) is 11.6 Å². The molecule has 0 radical (unpaired) electrons. The summed E-state index contributed by atoms with van der Waals surface area (Å²) in [4.78, 5) is 33.8. The minimum absolute atomic E-state index is 0.226. The summed E-state index contributed by atoms with van der Waals surface area (Å²) in [5, 5.41) is 3.15. The van der Waals surface area contributed by atoms with Gasteiger partial charge in [0.05, 0.1) is 34.8 Å². The van der Waals surface area contributed by atoms with E-state index < -0.39 is 23.8 Å². The van der Waals surface area contributed by atoms with Gasteiger partial charge in [-0.1, -0.05) is 26.0 Å². The van der Waals surface area contributed by atoms with E-state index in [-0.39, 0.29) is 11.2 Å². The molecule has 1 heterocycles. The Kier molecular flexibility index (Phi) is 8.77. The SMILES string of the molecule is CCCN(C(=O)Nc1ccc(C(F)(F)F)cc1)C(CC)c1nc2ccccc2c(=O)n1-c1ccc(OCC)cc1. The predicted octanol–water partition coefficient (Wildman–Crippen LogP) is 7.20. The number of nitrogens with one attached hydrogen (secondary N) is 1. The highest BCUT2D eigenvalue weighted by atomic mass is 19.4. The summed E-state index contributed by atoms with van der Waals surface area (Å²) in [6.45, 7) is 6.52. The third-order valence-corrected chi connectivity index (χ3v) is 6.46. The summed E-state index contributed by atoms with van der Waals surface area (Å²) in [7, 11) is 0. The van der Waals surface area contributed by atoms with Gasteiger partial charge >= 0.3 is 12.2 Å². The van der Waals surface area contributed by atoms with E-state index in [9.17, 15) is 22.8 Å². The van der Waals surface area contributed by atoms with Gasteiger partial charge in [-0.25, -0.2) is 9.78 Å². The van der Waals surface area contributed by atoms with Crippen molar-refractivity contribution in [3.8, 4) is 11.4 Å². The quantitative estimate of drug-likeness (QED) is 0.238. The molecule has 2 amide bonds. The van der Waals surface area contributed by atoms with Gasteiger partial charge in [0.15, 0.2) is 0 Å². The van der Waals surface area contributed by atoms with Gasteiger partial charge < -0.3 is 15.0 Å². The molecule has 40 heavy (non-hydrogen) atoms. The molecule has 1 unspecified atom stereocenters. The molecule has 4 aromatic rings. The van der Waals surface area contributed by atoms with Crippen LogP contribution >= 0.6 is 0 Å². The van der Waals surface area contributed by atoms with Crippen molar-refractivity contribution in [1.82, 2.24) is 14.5 Å². The maximum Gasteiger partial charge on any atom is 0.416 e. The Labute approximate surface area is 230 Å². The zero-order valence-corrected chi connectivity index (χ0v) is 22.5. The summed E-state index contributed by atoms with van der Waals surface area (Å²) >= 11 is 0. The fourth-order valence-corrected chi connectivity index (χ4v) is 4.60. The van der Waals surface area contributed by atoms with Crippen molar-refractivity contribution in [3.63, 3.8) is 0 Å². The van der Waals surface area contributed by atoms with E-state index in [2.05, 4.69) is 5.32 Å². The molecule has 0 saturated heterocycles. The molecule has 1 aromatic heterocycles. The second-order valence-corrected chi connectivity index (χ2v) is 9.18. The highest BCUT2D eigenvalue weighted by Gasteiger charge is 2.31. The number of anilines is 1. The number of nitrogens with zero attached hydrogens (tertiary/aromatic N) is 3. The number of ether oxygens (including phenoxy) is 1. The summed E-state index contributed by atoms with van der Waals surface area (Å²) < 4.78 is 46.1. The smallest absolute Gasteiger partial charge is 0.416 e. The molecular weight excluding hydrogens is 521 g/mol. The van der Waals surface area contributed by atoms with E-state index in [0.717, 1.165) is 12.1 Å². The van der Waals surface area contributed by atoms with Crippen molar-refractivity contribution in [2.75, 3.05) is 18.5 Å². The van der Waals surface area contributed by atoms with Crippen molar-refractivity contribution in [1.29, 1.82) is 0 Å². The molecule has 3 aromatic carbocycles. The first kappa shape index (κ1) is 28.7. The Balaban J connectivity index is 1.78. The number of benzene rings is 3. The molecule has 0 bridgehead atoms. The number of aromatic nitrogens is 2. The van der Waals surface area contributed by atoms with Crippen molar-refractivity contribution in [2.45, 2.75) is 45.8 Å². The number of halogens is 3. The molecule has 0 fully saturated rings. The van der Waals surface area contributed by atoms with Gasteiger partial charge in [-0.15, -0.1) is 0 Å². The van der Waals surface area contributed by atoms with Crippen molar-refractivity contribution < 1.29 is 22.7 Å². The fraction of sp³-hybridized carbons (Fsp3) is 0.300. The number of carbonyl (C=O) groups is 1. The average Bonchev–Trinajstić information content (AvgIpc) is 2.94. The monoisotopic (exact) mass is 552 g/mol. The Morgan fingerprint density at radius 1 is 1.00 bits per heavy atom. The zero-order chi connectivity index (χ0) is 28.9. The minimum atomic E-state index is -4.48. The van der Waals surface area contributed by atoms with Crippen LogP contribution in [-0.4, -0.2) is 33.6 Å². The van der Waals surface area contributed by atoms with Gasteiger partial charge in [0.25, 0.3) is 5.56 Å². The van der Waals surface area contributed by atoms with E-state index in [4.69, 9.17) is 9.72 Å². The first-order chi connectivity index (χ1) is 19.2. The zero-order valence-electron chi connectivity index (χ0n) is 22.5. The van der Waals surface area contributed by atoms with Crippen LogP contribution in [0.5, 0.6) is 5.75 Å². The Morgan fingerprint density at radius 3 is 2.27 bits per heavy atom. The molecule has 210 valence electrons. The summed E-state index contributed by atoms with van der Waals surface area (Å²) in [5.74, 6) is 1.04. The lowest BCUT2D eigenvalue weighted by molar-refractivity contribution is -0.137. The number of fused-ring (bicyclic) bond motifs is 1. The predicted molar refractivity (Wildman–Crippen MR) is 149 cm³/mol. The molecule has 4 rings (SSSR count). The van der Waals surface area contributed by atoms with Gasteiger partial charge in [-0.3, -0.25) is 9.36 Å². The Hall–Kier alpha value is -4.34. The van der Waals surface area contributed by atoms with Crippen LogP contribution in [-0.2, 0) is 6.18 Å². The average molecular weight is 553 g/mol. The first-order valence-electron chi connectivity index (χ1n) is 13.2. The van der Waals surface area contributed by atoms with Crippen LogP contribution in [0.2, 0.25) is 0 Å². The maximum absolute atomic E-state index is 13.8. The van der Waals surface area contributed by atoms with Crippen molar-refractivity contribution >= 4 is 22.6 Å². The molecule has 0 aliphatic carbocycles. The van der Waals surface area contributed by atoms with Crippen LogP contribution in [0.15, 0.2) is 77.6 Å². The molecule has 0 aliphatic heterocycles. The number of urea groups is 1. The van der Waals surface area contributed by atoms with Gasteiger partial charge in [-0.05, 0) is 80.4 Å². The van der Waals surface area contributed by atoms with Crippen LogP contribution in [0.3, 0.4) is 0 Å². The van der Waals surface area contributed by atoms with E-state index in [1.807, 2.05) is 20.8 Å². The number of para-hydroxylation sites is 1. The van der Waals surface area contributed by atoms with E-state index in [0.29, 0.717) is 54.2 Å². The highest BCUT2D eigenvalue weighted by Crippen LogP contribution is 2.31. The molecule has 0 aliphatic rings. The van der Waals surface area contributed by atoms with Crippen LogP contribution in [0.4, 0.5) is 23.7 Å². The summed E-state index contributed by atoms with van der Waals surface area (Å²) in [6, 6.07) is 17.3. The number of hydrogen-bond donors (Lipinski definition) is 1. The molecular formula is C30H31F3N4O3. The van der Waals surface area contributed by atoms with Gasteiger partial charge in [0.2, 0.25) is 0 Å². The van der Waals surface area contributed by atoms with Gasteiger partial charge in [-0.2, -0.15) is 13.2 Å². The standard InChI is InChI=1S/C30H31F3N4O3/c1-4-19-36(29(39)34-21-13-11-20(12-14-21)30(31,32)33)26(5-2)27-35-25-10-8-7-9-24(25)28(38)37(27)22-15-17-23(18-16-22)40-6-3/h7-18,26H,4-6,19H2,1-3H3,(H,34,39). The fourth-order valence-electron chi connectivity index (χ4n) is 4.60. The third-order valence-electron chi connectivity index (χ3n) is 6.46. The lowest BCUT2D eigenvalue weighted by Crippen LogP contribution is -2.41. The lowest BCUT2D eigenvalue weighted by atomic mass is 10.1. The topological polar surface area (TPSA) is 76.5 Å². The minimum Gasteiger partial charge on any atom is -0.494 e. The molecule has 1 atom stereocenters. The number of rotatable bonds is 9. The van der Waals surface area contributed by atoms with E-state index in [1.54, 1.807) is 53.4 Å². The molecule has 0 saturated carbocycles. The van der Waals surface area contributed by atoms with Crippen LogP contribution < -0.4 is 15.6 Å². The second-order valence-electron chi connectivity index (χ2n) is 9.18. The van der Waals surface area contributed by atoms with E-state index in [1.165, 1.54) is 16.7 Å². The maximum atomic E-state index is 13.8. The number of alkyl halides is 3. The molecule has 1 N–H and O–H groups in total. The van der Waals surface area contributed by atoms with Crippen LogP contribution in [0.1, 0.15) is 51.0 Å². The van der Waals surface area contributed by atoms with Gasteiger partial charge in [0, 0.05) is 12.2 Å². The highest BCUT2D eigenvalue weighted by molar-refractivity contribution is 5.89. The number of carbonyl (C=O) groups excluding carboxylic acids is 1. The second kappa shape index (κ2) is 12.2. The number of hydrogen-bond acceptors (Lipinski definition) is 4. The molecule has 10 heteroatoms. The number of amides is 2. The van der Waals surface area contributed by atoms with E-state index >= 15 is 0 Å². The van der Waals surface area contributed by atoms with Crippen molar-refractivity contribution in [2.24, 2.45) is 0 Å². The normalized spacial score (nSPS) is 12.2. The summed E-state index contributed by atoms with van der Waals surface area (Å²) in [6.07, 6.45) is -3.43. The third kappa shape index (κ3) is 6.11. The first-order valence-corrected chi connectivity index (χ1v) is 13.2. The van der Waals surface area contributed by atoms with Crippen LogP contribution in [0, 0.1) is 0 Å². The van der Waals surface area contributed by atoms with Crippen molar-refractivity contribution in [3.05, 3.63) is 94.5 Å².